The minimum absolute atomic E-state index is 0.0270. The van der Waals surface area contributed by atoms with Crippen LogP contribution in [-0.2, 0) is 6.42 Å². The second kappa shape index (κ2) is 6.13. The summed E-state index contributed by atoms with van der Waals surface area (Å²) in [6, 6.07) is 2.00. The normalized spacial score (nSPS) is 12.5. The Labute approximate surface area is 99.6 Å². The second-order valence-electron chi connectivity index (χ2n) is 3.45. The van der Waals surface area contributed by atoms with E-state index >= 15 is 0 Å². The van der Waals surface area contributed by atoms with Crippen molar-refractivity contribution in [3.05, 3.63) is 21.9 Å². The molecule has 0 aliphatic heterocycles. The van der Waals surface area contributed by atoms with E-state index in [0.717, 1.165) is 23.3 Å². The van der Waals surface area contributed by atoms with E-state index in [1.165, 1.54) is 11.3 Å². The highest BCUT2D eigenvalue weighted by atomic mass is 35.5. The van der Waals surface area contributed by atoms with Crippen LogP contribution in [0, 0.1) is 0 Å². The van der Waals surface area contributed by atoms with Crippen molar-refractivity contribution in [2.75, 3.05) is 6.54 Å². The van der Waals surface area contributed by atoms with Crippen LogP contribution in [-0.4, -0.2) is 17.8 Å². The summed E-state index contributed by atoms with van der Waals surface area (Å²) in [5.41, 5.74) is 1.12. The van der Waals surface area contributed by atoms with Gasteiger partial charge in [0.1, 0.15) is 0 Å². The van der Waals surface area contributed by atoms with Gasteiger partial charge in [0.25, 0.3) is 5.91 Å². The van der Waals surface area contributed by atoms with Gasteiger partial charge in [-0.1, -0.05) is 6.92 Å². The third-order valence-electron chi connectivity index (χ3n) is 2.16. The molecule has 0 fully saturated rings. The summed E-state index contributed by atoms with van der Waals surface area (Å²) in [6.07, 6.45) is 1.71. The molecule has 0 aromatic carbocycles. The van der Waals surface area contributed by atoms with Gasteiger partial charge in [0.2, 0.25) is 0 Å². The molecule has 2 nitrogen and oxygen atoms in total. The maximum atomic E-state index is 11.7. The van der Waals surface area contributed by atoms with Crippen LogP contribution in [0.25, 0.3) is 0 Å². The molecule has 1 amide bonds. The lowest BCUT2D eigenvalue weighted by Crippen LogP contribution is -2.25. The molecule has 0 spiro atoms. The quantitative estimate of drug-likeness (QED) is 0.794. The topological polar surface area (TPSA) is 29.1 Å². The van der Waals surface area contributed by atoms with Crippen molar-refractivity contribution < 1.29 is 4.79 Å². The lowest BCUT2D eigenvalue weighted by atomic mass is 10.2. The lowest BCUT2D eigenvalue weighted by molar-refractivity contribution is 0.0956. The Hall–Kier alpha value is -0.540. The minimum atomic E-state index is 0.0270. The highest BCUT2D eigenvalue weighted by Gasteiger charge is 2.11. The molecule has 0 aliphatic carbocycles. The van der Waals surface area contributed by atoms with E-state index in [9.17, 15) is 4.79 Å². The van der Waals surface area contributed by atoms with Gasteiger partial charge in [-0.15, -0.1) is 22.9 Å². The van der Waals surface area contributed by atoms with Crippen LogP contribution >= 0.6 is 22.9 Å². The maximum absolute atomic E-state index is 11.7. The van der Waals surface area contributed by atoms with E-state index < -0.39 is 0 Å². The van der Waals surface area contributed by atoms with Crippen molar-refractivity contribution in [3.8, 4) is 0 Å². The predicted octanol–water partition coefficient (Wildman–Crippen LogP) is 3.06. The number of nitrogens with one attached hydrogen (secondary N) is 1. The SMILES string of the molecule is CCc1ccsc1C(=O)NCCC(C)Cl. The number of hydrogen-bond acceptors (Lipinski definition) is 2. The zero-order chi connectivity index (χ0) is 11.3. The first-order valence-corrected chi connectivity index (χ1v) is 6.45. The van der Waals surface area contributed by atoms with Crippen molar-refractivity contribution >= 4 is 28.8 Å². The van der Waals surface area contributed by atoms with E-state index in [1.807, 2.05) is 18.4 Å². The number of thiophene rings is 1. The fraction of sp³-hybridized carbons (Fsp3) is 0.545. The summed E-state index contributed by atoms with van der Waals surface area (Å²) in [6.45, 7) is 4.63. The molecule has 15 heavy (non-hydrogen) atoms. The van der Waals surface area contributed by atoms with Crippen LogP contribution in [0.1, 0.15) is 35.5 Å². The third kappa shape index (κ3) is 3.84. The van der Waals surface area contributed by atoms with Crippen molar-refractivity contribution in [1.29, 1.82) is 0 Å². The Bertz CT molecular complexity index is 322. The molecule has 0 saturated carbocycles. The van der Waals surface area contributed by atoms with Gasteiger partial charge in [0.15, 0.2) is 0 Å². The molecule has 1 aromatic rings. The number of halogens is 1. The molecule has 0 aliphatic rings. The van der Waals surface area contributed by atoms with Gasteiger partial charge in [-0.25, -0.2) is 0 Å². The van der Waals surface area contributed by atoms with Crippen LogP contribution in [0.3, 0.4) is 0 Å². The highest BCUT2D eigenvalue weighted by molar-refractivity contribution is 7.12. The molecule has 1 N–H and O–H groups in total. The monoisotopic (exact) mass is 245 g/mol. The second-order valence-corrected chi connectivity index (χ2v) is 5.12. The highest BCUT2D eigenvalue weighted by Crippen LogP contribution is 2.16. The Balaban J connectivity index is 2.47. The summed E-state index contributed by atoms with van der Waals surface area (Å²) < 4.78 is 0. The smallest absolute Gasteiger partial charge is 0.261 e. The van der Waals surface area contributed by atoms with Crippen LogP contribution in [0.2, 0.25) is 0 Å². The first-order valence-electron chi connectivity index (χ1n) is 5.13. The molecular weight excluding hydrogens is 230 g/mol. The molecule has 0 radical (unpaired) electrons. The van der Waals surface area contributed by atoms with Crippen LogP contribution < -0.4 is 5.32 Å². The van der Waals surface area contributed by atoms with Crippen LogP contribution in [0.5, 0.6) is 0 Å². The molecular formula is C11H16ClNOS. The summed E-state index contributed by atoms with van der Waals surface area (Å²) in [5.74, 6) is 0.0270. The fourth-order valence-electron chi connectivity index (χ4n) is 1.28. The van der Waals surface area contributed by atoms with Gasteiger partial charge >= 0.3 is 0 Å². The van der Waals surface area contributed by atoms with Crippen molar-refractivity contribution in [3.63, 3.8) is 0 Å². The summed E-state index contributed by atoms with van der Waals surface area (Å²) in [5, 5.41) is 4.94. The minimum Gasteiger partial charge on any atom is -0.351 e. The first kappa shape index (κ1) is 12.5. The molecule has 1 unspecified atom stereocenters. The van der Waals surface area contributed by atoms with Gasteiger partial charge in [0.05, 0.1) is 4.88 Å². The molecule has 1 rings (SSSR count). The molecule has 0 bridgehead atoms. The molecule has 4 heteroatoms. The van der Waals surface area contributed by atoms with Gasteiger partial charge in [-0.3, -0.25) is 4.79 Å². The third-order valence-corrected chi connectivity index (χ3v) is 3.34. The average molecular weight is 246 g/mol. The standard InChI is InChI=1S/C11H16ClNOS/c1-3-9-5-7-15-10(9)11(14)13-6-4-8(2)12/h5,7-8H,3-4,6H2,1-2H3,(H,13,14). The van der Waals surface area contributed by atoms with Gasteiger partial charge in [0, 0.05) is 11.9 Å². The number of aryl methyl sites for hydroxylation is 1. The zero-order valence-electron chi connectivity index (χ0n) is 9.05. The Morgan fingerprint density at radius 2 is 2.40 bits per heavy atom. The number of carbonyl (C=O) groups excluding carboxylic acids is 1. The number of amides is 1. The largest absolute Gasteiger partial charge is 0.351 e. The lowest BCUT2D eigenvalue weighted by Gasteiger charge is -2.06. The van der Waals surface area contributed by atoms with Gasteiger partial charge < -0.3 is 5.32 Å². The summed E-state index contributed by atoms with van der Waals surface area (Å²) in [4.78, 5) is 12.6. The summed E-state index contributed by atoms with van der Waals surface area (Å²) in [7, 11) is 0. The van der Waals surface area contributed by atoms with Gasteiger partial charge in [-0.2, -0.15) is 0 Å². The number of alkyl halides is 1. The van der Waals surface area contributed by atoms with Gasteiger partial charge in [-0.05, 0) is 36.8 Å². The maximum Gasteiger partial charge on any atom is 0.261 e. The van der Waals surface area contributed by atoms with Crippen molar-refractivity contribution in [2.24, 2.45) is 0 Å². The number of hydrogen-bond donors (Lipinski definition) is 1. The average Bonchev–Trinajstić information content (AvgIpc) is 2.64. The number of rotatable bonds is 5. The van der Waals surface area contributed by atoms with E-state index in [-0.39, 0.29) is 11.3 Å². The number of carbonyl (C=O) groups is 1. The summed E-state index contributed by atoms with van der Waals surface area (Å²) >= 11 is 7.29. The van der Waals surface area contributed by atoms with E-state index in [4.69, 9.17) is 11.6 Å². The van der Waals surface area contributed by atoms with Crippen molar-refractivity contribution in [1.82, 2.24) is 5.32 Å². The molecule has 1 atom stereocenters. The molecule has 1 aromatic heterocycles. The van der Waals surface area contributed by atoms with E-state index in [1.54, 1.807) is 0 Å². The Morgan fingerprint density at radius 3 is 3.00 bits per heavy atom. The molecule has 0 saturated heterocycles. The fourth-order valence-corrected chi connectivity index (χ4v) is 2.30. The molecule has 1 heterocycles. The van der Waals surface area contributed by atoms with Crippen LogP contribution in [0.15, 0.2) is 11.4 Å². The first-order chi connectivity index (χ1) is 7.15. The van der Waals surface area contributed by atoms with Crippen LogP contribution in [0.4, 0.5) is 0 Å². The van der Waals surface area contributed by atoms with E-state index in [2.05, 4.69) is 12.2 Å². The zero-order valence-corrected chi connectivity index (χ0v) is 10.6. The predicted molar refractivity (Wildman–Crippen MR) is 66.0 cm³/mol. The van der Waals surface area contributed by atoms with E-state index in [0.29, 0.717) is 6.54 Å². The van der Waals surface area contributed by atoms with Crippen molar-refractivity contribution in [2.45, 2.75) is 32.1 Å². The molecule has 84 valence electrons. The Kier molecular flexibility index (Phi) is 5.12. The Morgan fingerprint density at radius 1 is 1.67 bits per heavy atom.